The first kappa shape index (κ1) is 18.0. The molecular weight excluding hydrogens is 218 g/mol. The summed E-state index contributed by atoms with van der Waals surface area (Å²) in [5.74, 6) is 1.74. The van der Waals surface area contributed by atoms with Crippen LogP contribution in [0.1, 0.15) is 80.1 Å². The maximum absolute atomic E-state index is 3.63. The van der Waals surface area contributed by atoms with Crippen molar-refractivity contribution < 1.29 is 0 Å². The van der Waals surface area contributed by atoms with Gasteiger partial charge in [-0.3, -0.25) is 0 Å². The zero-order chi connectivity index (χ0) is 14.0. The lowest BCUT2D eigenvalue weighted by Gasteiger charge is -2.34. The molecule has 0 aromatic heterocycles. The van der Waals surface area contributed by atoms with Crippen LogP contribution in [0.15, 0.2) is 0 Å². The fraction of sp³-hybridized carbons (Fsp3) is 1.00. The minimum Gasteiger partial charge on any atom is -0.316 e. The summed E-state index contributed by atoms with van der Waals surface area (Å²) in [5.41, 5.74) is 0.431. The van der Waals surface area contributed by atoms with Crippen LogP contribution in [0.25, 0.3) is 0 Å². The smallest absolute Gasteiger partial charge is 0.00154 e. The standard InChI is InChI=1S/C17H37N/c1-7-10-11-15(9-3)13-16(17(4,5)6)14-18-12-8-2/h15-16,18H,7-14H2,1-6H3. The van der Waals surface area contributed by atoms with E-state index in [-0.39, 0.29) is 0 Å². The minimum absolute atomic E-state index is 0.431. The third-order valence-corrected chi connectivity index (χ3v) is 4.20. The van der Waals surface area contributed by atoms with Gasteiger partial charge in [-0.2, -0.15) is 0 Å². The average Bonchev–Trinajstić information content (AvgIpc) is 2.31. The summed E-state index contributed by atoms with van der Waals surface area (Å²) in [6.45, 7) is 16.5. The van der Waals surface area contributed by atoms with Gasteiger partial charge in [-0.25, -0.2) is 0 Å². The number of hydrogen-bond acceptors (Lipinski definition) is 1. The predicted octanol–water partition coefficient (Wildman–Crippen LogP) is 5.25. The normalized spacial score (nSPS) is 15.7. The number of unbranched alkanes of at least 4 members (excludes halogenated alkanes) is 1. The van der Waals surface area contributed by atoms with Crippen molar-refractivity contribution in [3.05, 3.63) is 0 Å². The lowest BCUT2D eigenvalue weighted by Crippen LogP contribution is -2.33. The molecule has 0 amide bonds. The van der Waals surface area contributed by atoms with Crippen LogP contribution < -0.4 is 5.32 Å². The fourth-order valence-electron chi connectivity index (χ4n) is 2.58. The molecule has 0 aliphatic carbocycles. The first-order valence-electron chi connectivity index (χ1n) is 8.16. The van der Waals surface area contributed by atoms with E-state index >= 15 is 0 Å². The van der Waals surface area contributed by atoms with Crippen molar-refractivity contribution in [2.24, 2.45) is 17.3 Å². The second-order valence-corrected chi connectivity index (χ2v) is 6.92. The summed E-state index contributed by atoms with van der Waals surface area (Å²) in [6, 6.07) is 0. The van der Waals surface area contributed by atoms with Gasteiger partial charge in [0.05, 0.1) is 0 Å². The summed E-state index contributed by atoms with van der Waals surface area (Å²) in [4.78, 5) is 0. The van der Waals surface area contributed by atoms with E-state index in [1.807, 2.05) is 0 Å². The fourth-order valence-corrected chi connectivity index (χ4v) is 2.58. The molecule has 0 aromatic carbocycles. The van der Waals surface area contributed by atoms with Gasteiger partial charge in [0.1, 0.15) is 0 Å². The summed E-state index contributed by atoms with van der Waals surface area (Å²) in [7, 11) is 0. The Bertz CT molecular complexity index is 181. The highest BCUT2D eigenvalue weighted by Crippen LogP contribution is 2.33. The molecule has 2 unspecified atom stereocenters. The van der Waals surface area contributed by atoms with Gasteiger partial charge in [-0.15, -0.1) is 0 Å². The Balaban J connectivity index is 4.27. The molecule has 0 radical (unpaired) electrons. The third-order valence-electron chi connectivity index (χ3n) is 4.20. The number of rotatable bonds is 10. The molecule has 0 bridgehead atoms. The van der Waals surface area contributed by atoms with Crippen molar-refractivity contribution in [3.63, 3.8) is 0 Å². The Morgan fingerprint density at radius 2 is 1.67 bits per heavy atom. The van der Waals surface area contributed by atoms with E-state index in [9.17, 15) is 0 Å². The number of hydrogen-bond donors (Lipinski definition) is 1. The Labute approximate surface area is 116 Å². The van der Waals surface area contributed by atoms with Crippen molar-refractivity contribution in [1.82, 2.24) is 5.32 Å². The molecule has 0 saturated heterocycles. The summed E-state index contributed by atoms with van der Waals surface area (Å²) >= 11 is 0. The Morgan fingerprint density at radius 1 is 1.00 bits per heavy atom. The molecule has 1 nitrogen and oxygen atoms in total. The van der Waals surface area contributed by atoms with Gasteiger partial charge >= 0.3 is 0 Å². The van der Waals surface area contributed by atoms with Gasteiger partial charge in [0, 0.05) is 0 Å². The molecule has 0 aliphatic rings. The van der Waals surface area contributed by atoms with E-state index in [0.717, 1.165) is 11.8 Å². The first-order valence-corrected chi connectivity index (χ1v) is 8.16. The van der Waals surface area contributed by atoms with E-state index in [0.29, 0.717) is 5.41 Å². The van der Waals surface area contributed by atoms with Crippen molar-refractivity contribution in [1.29, 1.82) is 0 Å². The third kappa shape index (κ3) is 8.13. The van der Waals surface area contributed by atoms with Gasteiger partial charge in [-0.1, -0.05) is 67.2 Å². The topological polar surface area (TPSA) is 12.0 Å². The van der Waals surface area contributed by atoms with Gasteiger partial charge in [0.25, 0.3) is 0 Å². The average molecular weight is 255 g/mol. The number of nitrogens with one attached hydrogen (secondary N) is 1. The molecule has 0 heterocycles. The predicted molar refractivity (Wildman–Crippen MR) is 84.0 cm³/mol. The van der Waals surface area contributed by atoms with Crippen LogP contribution in [0, 0.1) is 17.3 Å². The summed E-state index contributed by atoms with van der Waals surface area (Å²) in [5, 5.41) is 3.63. The maximum Gasteiger partial charge on any atom is -0.00154 e. The van der Waals surface area contributed by atoms with Crippen LogP contribution in [0.4, 0.5) is 0 Å². The van der Waals surface area contributed by atoms with E-state index in [4.69, 9.17) is 0 Å². The van der Waals surface area contributed by atoms with Crippen LogP contribution >= 0.6 is 0 Å². The molecule has 0 aliphatic heterocycles. The maximum atomic E-state index is 3.63. The van der Waals surface area contributed by atoms with Crippen molar-refractivity contribution in [3.8, 4) is 0 Å². The molecule has 0 spiro atoms. The quantitative estimate of drug-likeness (QED) is 0.525. The highest BCUT2D eigenvalue weighted by molar-refractivity contribution is 4.78. The Hall–Kier alpha value is -0.0400. The molecule has 110 valence electrons. The van der Waals surface area contributed by atoms with Crippen LogP contribution in [-0.4, -0.2) is 13.1 Å². The molecule has 18 heavy (non-hydrogen) atoms. The van der Waals surface area contributed by atoms with Crippen LogP contribution in [0.3, 0.4) is 0 Å². The van der Waals surface area contributed by atoms with E-state index < -0.39 is 0 Å². The molecule has 0 saturated carbocycles. The van der Waals surface area contributed by atoms with E-state index in [1.54, 1.807) is 0 Å². The SMILES string of the molecule is CCCCC(CC)CC(CNCCC)C(C)(C)C. The van der Waals surface area contributed by atoms with Gasteiger partial charge in [0.2, 0.25) is 0 Å². The second kappa shape index (κ2) is 9.83. The first-order chi connectivity index (χ1) is 8.45. The molecule has 0 fully saturated rings. The molecule has 0 aromatic rings. The summed E-state index contributed by atoms with van der Waals surface area (Å²) < 4.78 is 0. The van der Waals surface area contributed by atoms with Crippen molar-refractivity contribution in [2.75, 3.05) is 13.1 Å². The largest absolute Gasteiger partial charge is 0.316 e. The molecule has 1 heteroatoms. The Morgan fingerprint density at radius 3 is 2.11 bits per heavy atom. The van der Waals surface area contributed by atoms with Gasteiger partial charge < -0.3 is 5.32 Å². The van der Waals surface area contributed by atoms with Crippen LogP contribution in [0.5, 0.6) is 0 Å². The molecular formula is C17H37N. The Kier molecular flexibility index (Phi) is 9.81. The van der Waals surface area contributed by atoms with Crippen LogP contribution in [-0.2, 0) is 0 Å². The van der Waals surface area contributed by atoms with Crippen LogP contribution in [0.2, 0.25) is 0 Å². The van der Waals surface area contributed by atoms with Crippen molar-refractivity contribution >= 4 is 0 Å². The molecule has 2 atom stereocenters. The molecule has 1 N–H and O–H groups in total. The highest BCUT2D eigenvalue weighted by atomic mass is 14.9. The zero-order valence-electron chi connectivity index (χ0n) is 13.8. The zero-order valence-corrected chi connectivity index (χ0v) is 13.8. The van der Waals surface area contributed by atoms with E-state index in [2.05, 4.69) is 46.9 Å². The van der Waals surface area contributed by atoms with Gasteiger partial charge in [-0.05, 0) is 43.2 Å². The monoisotopic (exact) mass is 255 g/mol. The summed E-state index contributed by atoms with van der Waals surface area (Å²) in [6.07, 6.45) is 8.15. The van der Waals surface area contributed by atoms with Crippen molar-refractivity contribution in [2.45, 2.75) is 80.1 Å². The lowest BCUT2D eigenvalue weighted by atomic mass is 9.74. The lowest BCUT2D eigenvalue weighted by molar-refractivity contribution is 0.182. The van der Waals surface area contributed by atoms with E-state index in [1.165, 1.54) is 51.6 Å². The molecule has 0 rings (SSSR count). The second-order valence-electron chi connectivity index (χ2n) is 6.92. The minimum atomic E-state index is 0.431. The highest BCUT2D eigenvalue weighted by Gasteiger charge is 2.26. The van der Waals surface area contributed by atoms with Gasteiger partial charge in [0.15, 0.2) is 0 Å².